The van der Waals surface area contributed by atoms with Gasteiger partial charge in [0.05, 0.1) is 32.3 Å². The number of hydrogen-bond donors (Lipinski definition) is 0. The standard InChI is InChI=1S/C18H20F4O5/c1-2-3-10-6-23-17(24-7-10)12-8-25-16(26-9-12)11-4-13(19)15(14(20)5-11)27-18(21)22/h2-5,10,12,16-18H,6-9H2,1H3/b3-2+/t10-,12-,16-,17-. The second-order valence-corrected chi connectivity index (χ2v) is 6.27. The van der Waals surface area contributed by atoms with Crippen molar-refractivity contribution in [3.63, 3.8) is 0 Å². The van der Waals surface area contributed by atoms with Gasteiger partial charge in [-0.15, -0.1) is 0 Å². The van der Waals surface area contributed by atoms with E-state index < -0.39 is 36.6 Å². The van der Waals surface area contributed by atoms with Gasteiger partial charge in [0, 0.05) is 11.5 Å². The summed E-state index contributed by atoms with van der Waals surface area (Å²) >= 11 is 0. The summed E-state index contributed by atoms with van der Waals surface area (Å²) in [6.45, 7) is 0.0381. The first-order chi connectivity index (χ1) is 13.0. The van der Waals surface area contributed by atoms with Crippen LogP contribution in [0, 0.1) is 23.5 Å². The lowest BCUT2D eigenvalue weighted by atomic mass is 10.1. The number of ether oxygens (including phenoxy) is 5. The van der Waals surface area contributed by atoms with Crippen molar-refractivity contribution in [2.45, 2.75) is 26.1 Å². The van der Waals surface area contributed by atoms with Crippen molar-refractivity contribution >= 4 is 0 Å². The SMILES string of the molecule is C/C=C/[C@H]1CO[C@H]([C@H]2CO[C@H](c3cc(F)c(OC(F)F)c(F)c3)OC2)OC1. The summed E-state index contributed by atoms with van der Waals surface area (Å²) < 4.78 is 78.3. The van der Waals surface area contributed by atoms with E-state index in [-0.39, 0.29) is 30.6 Å². The highest BCUT2D eigenvalue weighted by Crippen LogP contribution is 2.33. The molecular weight excluding hydrogens is 372 g/mol. The van der Waals surface area contributed by atoms with Crippen LogP contribution >= 0.6 is 0 Å². The molecular formula is C18H20F4O5. The maximum Gasteiger partial charge on any atom is 0.387 e. The van der Waals surface area contributed by atoms with E-state index in [1.807, 2.05) is 19.1 Å². The molecule has 150 valence electrons. The fraction of sp³-hybridized carbons (Fsp3) is 0.556. The van der Waals surface area contributed by atoms with E-state index >= 15 is 0 Å². The number of rotatable bonds is 5. The molecule has 3 rings (SSSR count). The lowest BCUT2D eigenvalue weighted by Gasteiger charge is -2.37. The molecule has 2 aliphatic heterocycles. The summed E-state index contributed by atoms with van der Waals surface area (Å²) in [5.41, 5.74) is 0.0312. The number of hydrogen-bond acceptors (Lipinski definition) is 5. The van der Waals surface area contributed by atoms with Crippen molar-refractivity contribution in [2.75, 3.05) is 26.4 Å². The van der Waals surface area contributed by atoms with E-state index in [1.165, 1.54) is 0 Å². The van der Waals surface area contributed by atoms with Crippen molar-refractivity contribution in [1.29, 1.82) is 0 Å². The molecule has 5 nitrogen and oxygen atoms in total. The minimum absolute atomic E-state index is 0.0312. The number of allylic oxidation sites excluding steroid dienone is 1. The summed E-state index contributed by atoms with van der Waals surface area (Å²) in [6.07, 6.45) is 2.43. The topological polar surface area (TPSA) is 46.2 Å². The van der Waals surface area contributed by atoms with E-state index in [1.54, 1.807) is 0 Å². The third-order valence-corrected chi connectivity index (χ3v) is 4.22. The molecule has 27 heavy (non-hydrogen) atoms. The molecule has 0 aliphatic carbocycles. The Morgan fingerprint density at radius 3 is 2.11 bits per heavy atom. The maximum absolute atomic E-state index is 13.8. The largest absolute Gasteiger partial charge is 0.429 e. The van der Waals surface area contributed by atoms with Crippen LogP contribution in [0.1, 0.15) is 18.8 Å². The third-order valence-electron chi connectivity index (χ3n) is 4.22. The monoisotopic (exact) mass is 392 g/mol. The lowest BCUT2D eigenvalue weighted by Crippen LogP contribution is -2.42. The van der Waals surface area contributed by atoms with Gasteiger partial charge >= 0.3 is 6.61 Å². The molecule has 9 heteroatoms. The lowest BCUT2D eigenvalue weighted by molar-refractivity contribution is -0.280. The van der Waals surface area contributed by atoms with Crippen LogP contribution in [0.15, 0.2) is 24.3 Å². The molecule has 1 aromatic rings. The molecule has 0 unspecified atom stereocenters. The normalized spacial score (nSPS) is 29.4. The molecule has 0 aromatic heterocycles. The van der Waals surface area contributed by atoms with E-state index in [2.05, 4.69) is 4.74 Å². The summed E-state index contributed by atoms with van der Waals surface area (Å²) in [5.74, 6) is -3.64. The van der Waals surface area contributed by atoms with Gasteiger partial charge in [0.2, 0.25) is 0 Å². The summed E-state index contributed by atoms with van der Waals surface area (Å²) in [5, 5.41) is 0. The van der Waals surface area contributed by atoms with E-state index in [0.29, 0.717) is 13.2 Å². The first kappa shape index (κ1) is 20.1. The van der Waals surface area contributed by atoms with Crippen LogP contribution in [0.3, 0.4) is 0 Å². The molecule has 2 aliphatic rings. The fourth-order valence-electron chi connectivity index (χ4n) is 2.97. The molecule has 0 amide bonds. The minimum atomic E-state index is -3.33. The van der Waals surface area contributed by atoms with Crippen molar-refractivity contribution in [3.8, 4) is 5.75 Å². The second-order valence-electron chi connectivity index (χ2n) is 6.27. The van der Waals surface area contributed by atoms with E-state index in [0.717, 1.165) is 12.1 Å². The number of benzene rings is 1. The molecule has 0 bridgehead atoms. The average Bonchev–Trinajstić information content (AvgIpc) is 2.65. The van der Waals surface area contributed by atoms with Crippen molar-refractivity contribution in [1.82, 2.24) is 0 Å². The second kappa shape index (κ2) is 9.01. The quantitative estimate of drug-likeness (QED) is 0.564. The summed E-state index contributed by atoms with van der Waals surface area (Å²) in [6, 6.07) is 1.70. The fourth-order valence-corrected chi connectivity index (χ4v) is 2.97. The smallest absolute Gasteiger partial charge is 0.387 e. The van der Waals surface area contributed by atoms with Crippen LogP contribution in [0.25, 0.3) is 0 Å². The van der Waals surface area contributed by atoms with Crippen molar-refractivity contribution < 1.29 is 41.2 Å². The first-order valence-electron chi connectivity index (χ1n) is 8.51. The van der Waals surface area contributed by atoms with Crippen LogP contribution < -0.4 is 4.74 Å². The van der Waals surface area contributed by atoms with Gasteiger partial charge in [-0.25, -0.2) is 8.78 Å². The van der Waals surface area contributed by atoms with Gasteiger partial charge in [-0.05, 0) is 19.1 Å². The molecule has 2 fully saturated rings. The first-order valence-corrected chi connectivity index (χ1v) is 8.51. The van der Waals surface area contributed by atoms with Gasteiger partial charge in [-0.1, -0.05) is 12.2 Å². The number of alkyl halides is 2. The molecule has 0 radical (unpaired) electrons. The van der Waals surface area contributed by atoms with E-state index in [4.69, 9.17) is 18.9 Å². The van der Waals surface area contributed by atoms with Crippen LogP contribution in [0.2, 0.25) is 0 Å². The Labute approximate surface area is 153 Å². The van der Waals surface area contributed by atoms with Crippen LogP contribution in [-0.2, 0) is 18.9 Å². The Morgan fingerprint density at radius 2 is 1.59 bits per heavy atom. The molecule has 2 heterocycles. The Bertz CT molecular complexity index is 630. The predicted molar refractivity (Wildman–Crippen MR) is 85.1 cm³/mol. The van der Waals surface area contributed by atoms with Gasteiger partial charge < -0.3 is 23.7 Å². The van der Waals surface area contributed by atoms with Gasteiger partial charge in [0.15, 0.2) is 30.0 Å². The maximum atomic E-state index is 13.8. The Hall–Kier alpha value is -1.68. The van der Waals surface area contributed by atoms with E-state index in [9.17, 15) is 17.6 Å². The van der Waals surface area contributed by atoms with Crippen molar-refractivity contribution in [2.24, 2.45) is 11.8 Å². The zero-order chi connectivity index (χ0) is 19.4. The van der Waals surface area contributed by atoms with Gasteiger partial charge in [-0.3, -0.25) is 0 Å². The Balaban J connectivity index is 1.56. The summed E-state index contributed by atoms with van der Waals surface area (Å²) in [7, 11) is 0. The zero-order valence-electron chi connectivity index (χ0n) is 14.6. The number of halogens is 4. The molecule has 0 atom stereocenters. The molecule has 1 aromatic carbocycles. The molecule has 2 saturated heterocycles. The van der Waals surface area contributed by atoms with Gasteiger partial charge in [-0.2, -0.15) is 8.78 Å². The molecule has 0 saturated carbocycles. The van der Waals surface area contributed by atoms with Gasteiger partial charge in [0.1, 0.15) is 0 Å². The van der Waals surface area contributed by atoms with Crippen LogP contribution in [-0.4, -0.2) is 39.3 Å². The predicted octanol–water partition coefficient (Wildman–Crippen LogP) is 3.79. The Morgan fingerprint density at radius 1 is 1.00 bits per heavy atom. The highest BCUT2D eigenvalue weighted by atomic mass is 19.3. The highest BCUT2D eigenvalue weighted by Gasteiger charge is 2.34. The average molecular weight is 392 g/mol. The molecule has 0 spiro atoms. The highest BCUT2D eigenvalue weighted by molar-refractivity contribution is 5.32. The van der Waals surface area contributed by atoms with Gasteiger partial charge in [0.25, 0.3) is 0 Å². The zero-order valence-corrected chi connectivity index (χ0v) is 14.6. The third kappa shape index (κ3) is 4.98. The minimum Gasteiger partial charge on any atom is -0.429 e. The molecule has 0 N–H and O–H groups in total. The van der Waals surface area contributed by atoms with Crippen LogP contribution in [0.4, 0.5) is 17.6 Å². The Kier molecular flexibility index (Phi) is 6.69. The summed E-state index contributed by atoms with van der Waals surface area (Å²) in [4.78, 5) is 0. The van der Waals surface area contributed by atoms with Crippen LogP contribution in [0.5, 0.6) is 5.75 Å². The van der Waals surface area contributed by atoms with Crippen molar-refractivity contribution in [3.05, 3.63) is 41.5 Å².